The third kappa shape index (κ3) is 3.66. The van der Waals surface area contributed by atoms with Crippen LogP contribution in [0.1, 0.15) is 68.3 Å². The predicted octanol–water partition coefficient (Wildman–Crippen LogP) is 9.32. The van der Waals surface area contributed by atoms with E-state index in [1.807, 2.05) is 5.38 Å². The number of fused-ring (bicyclic) bond motifs is 13. The van der Waals surface area contributed by atoms with Gasteiger partial charge in [-0.1, -0.05) is 73.7 Å². The van der Waals surface area contributed by atoms with Crippen molar-refractivity contribution in [3.05, 3.63) is 136 Å². The van der Waals surface area contributed by atoms with Gasteiger partial charge >= 0.3 is 7.12 Å². The third-order valence-electron chi connectivity index (χ3n) is 11.7. The maximum Gasteiger partial charge on any atom is 0.494 e. The fourth-order valence-electron chi connectivity index (χ4n) is 8.76. The molecule has 10 rings (SSSR count). The minimum atomic E-state index is -0.559. The van der Waals surface area contributed by atoms with Crippen LogP contribution in [0.4, 0.5) is 0 Å². The number of imidazole rings is 1. The number of benzene rings is 5. The average molecular weight is 668 g/mol. The largest absolute Gasteiger partial charge is 0.494 e. The van der Waals surface area contributed by atoms with Crippen LogP contribution in [-0.2, 0) is 21.1 Å². The van der Waals surface area contributed by atoms with E-state index in [0.29, 0.717) is 5.56 Å². The van der Waals surface area contributed by atoms with Gasteiger partial charge in [-0.3, -0.25) is 4.57 Å². The molecule has 1 unspecified atom stereocenters. The van der Waals surface area contributed by atoms with Crippen LogP contribution in [0.2, 0.25) is 0 Å². The van der Waals surface area contributed by atoms with Gasteiger partial charge in [-0.25, -0.2) is 4.98 Å². The van der Waals surface area contributed by atoms with E-state index in [9.17, 15) is 5.26 Å². The maximum absolute atomic E-state index is 10.4. The van der Waals surface area contributed by atoms with Crippen LogP contribution in [0.25, 0.3) is 49.1 Å². The second-order valence-corrected chi connectivity index (χ2v) is 15.7. The number of thiophene rings is 1. The van der Waals surface area contributed by atoms with E-state index in [4.69, 9.17) is 14.3 Å². The first kappa shape index (κ1) is 29.9. The smallest absolute Gasteiger partial charge is 0.399 e. The highest BCUT2D eigenvalue weighted by Gasteiger charge is 2.55. The van der Waals surface area contributed by atoms with Gasteiger partial charge in [-0.2, -0.15) is 5.26 Å². The predicted molar refractivity (Wildman–Crippen MR) is 203 cm³/mol. The number of aryl methyl sites for hydroxylation is 1. The lowest BCUT2D eigenvalue weighted by atomic mass is 9.69. The van der Waals surface area contributed by atoms with E-state index in [1.165, 1.54) is 33.4 Å². The van der Waals surface area contributed by atoms with Crippen LogP contribution < -0.4 is 5.46 Å². The Morgan fingerprint density at radius 3 is 2.28 bits per heavy atom. The first-order valence-electron chi connectivity index (χ1n) is 17.3. The number of rotatable bonds is 3. The summed E-state index contributed by atoms with van der Waals surface area (Å²) in [6.45, 7) is 10.5. The molecular formula is C43H34BN3O2S. The lowest BCUT2D eigenvalue weighted by Crippen LogP contribution is -2.41. The molecule has 50 heavy (non-hydrogen) atoms. The Morgan fingerprint density at radius 1 is 0.780 bits per heavy atom. The number of nitrogens with zero attached hydrogens (tertiary/aromatic N) is 3. The minimum Gasteiger partial charge on any atom is -0.399 e. The fourth-order valence-corrected chi connectivity index (χ4v) is 9.66. The van der Waals surface area contributed by atoms with Crippen LogP contribution in [0.5, 0.6) is 0 Å². The van der Waals surface area contributed by atoms with Crippen molar-refractivity contribution < 1.29 is 9.31 Å². The summed E-state index contributed by atoms with van der Waals surface area (Å²) >= 11 is 1.63. The van der Waals surface area contributed by atoms with Gasteiger partial charge in [0, 0.05) is 27.6 Å². The zero-order valence-corrected chi connectivity index (χ0v) is 29.5. The fraction of sp³-hybridized carbons (Fsp3) is 0.209. The Kier molecular flexibility index (Phi) is 6.00. The molecule has 7 aromatic rings. The van der Waals surface area contributed by atoms with E-state index >= 15 is 0 Å². The first-order valence-corrected chi connectivity index (χ1v) is 18.2. The average Bonchev–Trinajstić information content (AvgIpc) is 3.90. The van der Waals surface area contributed by atoms with Gasteiger partial charge in [-0.05, 0) is 108 Å². The lowest BCUT2D eigenvalue weighted by Gasteiger charge is -2.32. The van der Waals surface area contributed by atoms with Gasteiger partial charge < -0.3 is 9.31 Å². The third-order valence-corrected chi connectivity index (χ3v) is 12.7. The number of nitriles is 1. The summed E-state index contributed by atoms with van der Waals surface area (Å²) in [6, 6.07) is 38.0. The lowest BCUT2D eigenvalue weighted by molar-refractivity contribution is 0.00578. The molecule has 0 radical (unpaired) electrons. The van der Waals surface area contributed by atoms with Crippen molar-refractivity contribution >= 4 is 45.0 Å². The zero-order chi connectivity index (χ0) is 34.2. The molecule has 1 spiro atoms. The summed E-state index contributed by atoms with van der Waals surface area (Å²) in [5.41, 5.74) is 13.1. The number of hydrogen-bond donors (Lipinski definition) is 0. The van der Waals surface area contributed by atoms with E-state index < -0.39 is 23.7 Å². The van der Waals surface area contributed by atoms with Gasteiger partial charge in [0.05, 0.1) is 33.2 Å². The highest BCUT2D eigenvalue weighted by molar-refractivity contribution is 7.17. The summed E-state index contributed by atoms with van der Waals surface area (Å²) < 4.78 is 16.6. The van der Waals surface area contributed by atoms with Crippen molar-refractivity contribution in [1.29, 1.82) is 5.26 Å². The quantitative estimate of drug-likeness (QED) is 0.176. The van der Waals surface area contributed by atoms with Gasteiger partial charge in [0.2, 0.25) is 0 Å². The molecule has 0 N–H and O–H groups in total. The number of hydrogen-bond acceptors (Lipinski definition) is 5. The Morgan fingerprint density at radius 2 is 1.48 bits per heavy atom. The second-order valence-electron chi connectivity index (χ2n) is 14.7. The molecule has 5 nitrogen and oxygen atoms in total. The Balaban J connectivity index is 1.27. The zero-order valence-electron chi connectivity index (χ0n) is 28.7. The Hall–Kier alpha value is -5.00. The molecule has 3 heterocycles. The SMILES string of the molecule is CCc1nc2ccccc2n1-c1ccc2c(c1)-c1ccccc1C21c2ccc(B3OC(C)(C)C(C)(C)O3)cc2-c2c1ccc1scc(C#N)c21. The van der Waals surface area contributed by atoms with Gasteiger partial charge in [-0.15, -0.1) is 11.3 Å². The minimum absolute atomic E-state index is 0.455. The van der Waals surface area contributed by atoms with E-state index in [0.717, 1.165) is 55.6 Å². The van der Waals surface area contributed by atoms with Crippen molar-refractivity contribution in [2.45, 2.75) is 57.7 Å². The molecule has 242 valence electrons. The van der Waals surface area contributed by atoms with Crippen LogP contribution >= 0.6 is 11.3 Å². The van der Waals surface area contributed by atoms with Crippen LogP contribution in [0.15, 0.2) is 102 Å². The molecule has 0 bridgehead atoms. The molecule has 2 aromatic heterocycles. The molecule has 5 aromatic carbocycles. The van der Waals surface area contributed by atoms with Crippen molar-refractivity contribution in [2.24, 2.45) is 0 Å². The van der Waals surface area contributed by atoms with Gasteiger partial charge in [0.1, 0.15) is 11.9 Å². The molecule has 1 aliphatic heterocycles. The van der Waals surface area contributed by atoms with Crippen LogP contribution in [0.3, 0.4) is 0 Å². The molecule has 1 atom stereocenters. The monoisotopic (exact) mass is 667 g/mol. The van der Waals surface area contributed by atoms with Gasteiger partial charge in [0.25, 0.3) is 0 Å². The second kappa shape index (κ2) is 10.0. The van der Waals surface area contributed by atoms with E-state index in [2.05, 4.69) is 142 Å². The molecule has 3 aliphatic rings. The molecule has 0 amide bonds. The van der Waals surface area contributed by atoms with Crippen LogP contribution in [0, 0.1) is 11.3 Å². The molecule has 7 heteroatoms. The molecule has 1 fully saturated rings. The molecule has 2 aliphatic carbocycles. The summed E-state index contributed by atoms with van der Waals surface area (Å²) in [6.07, 6.45) is 0.829. The number of para-hydroxylation sites is 2. The first-order chi connectivity index (χ1) is 24.2. The van der Waals surface area contributed by atoms with E-state index in [-0.39, 0.29) is 0 Å². The summed E-state index contributed by atoms with van der Waals surface area (Å²) in [5, 5.41) is 13.4. The highest BCUT2D eigenvalue weighted by atomic mass is 32.1. The highest BCUT2D eigenvalue weighted by Crippen LogP contribution is 2.64. The summed E-state index contributed by atoms with van der Waals surface area (Å²) in [7, 11) is -0.495. The summed E-state index contributed by atoms with van der Waals surface area (Å²) in [5.74, 6) is 1.04. The summed E-state index contributed by atoms with van der Waals surface area (Å²) in [4.78, 5) is 4.99. The number of aromatic nitrogens is 2. The standard InChI is InChI=1S/C43H34BN3O2S/c1-6-38-46-35-13-9-10-14-36(35)47(38)27-16-18-32-29(22-27)28-11-7-8-12-31(28)43(32)33-17-15-26(44-48-41(2,3)42(4,5)49-44)21-30(33)40-34(43)19-20-37-39(40)25(23-45)24-50-37/h7-22,24H,6H2,1-5H3. The van der Waals surface area contributed by atoms with E-state index in [1.54, 1.807) is 11.3 Å². The van der Waals surface area contributed by atoms with Crippen molar-refractivity contribution in [2.75, 3.05) is 0 Å². The molecular weight excluding hydrogens is 633 g/mol. The molecule has 1 saturated heterocycles. The normalized spacial score (nSPS) is 19.2. The Bertz CT molecular complexity index is 2630. The topological polar surface area (TPSA) is 60.1 Å². The molecule has 0 saturated carbocycles. The maximum atomic E-state index is 10.4. The van der Waals surface area contributed by atoms with Crippen LogP contribution in [-0.4, -0.2) is 27.9 Å². The van der Waals surface area contributed by atoms with Crippen molar-refractivity contribution in [3.63, 3.8) is 0 Å². The Labute approximate surface area is 295 Å². The van der Waals surface area contributed by atoms with Crippen molar-refractivity contribution in [1.82, 2.24) is 9.55 Å². The van der Waals surface area contributed by atoms with Gasteiger partial charge in [0.15, 0.2) is 0 Å². The van der Waals surface area contributed by atoms with Crippen molar-refractivity contribution in [3.8, 4) is 34.0 Å².